The molecule has 4 rings (SSSR count). The van der Waals surface area contributed by atoms with Crippen molar-refractivity contribution in [3.05, 3.63) is 75.1 Å². The summed E-state index contributed by atoms with van der Waals surface area (Å²) in [6.07, 6.45) is 0.889. The molecule has 0 radical (unpaired) electrons. The number of phenolic OH excluding ortho intramolecular Hbond substituents is 1. The van der Waals surface area contributed by atoms with E-state index in [0.29, 0.717) is 41.0 Å². The van der Waals surface area contributed by atoms with Crippen LogP contribution in [0, 0.1) is 0 Å². The van der Waals surface area contributed by atoms with Crippen LogP contribution in [0.5, 0.6) is 17.2 Å². The molecule has 1 aliphatic heterocycles. The Kier molecular flexibility index (Phi) is 8.95. The fraction of sp³-hybridized carbons (Fsp3) is 0.379. The number of thioether (sulfide) groups is 1. The van der Waals surface area contributed by atoms with Gasteiger partial charge in [-0.05, 0) is 60.4 Å². The molecule has 0 amide bonds. The maximum Gasteiger partial charge on any atom is 0.336 e. The Labute approximate surface area is 232 Å². The van der Waals surface area contributed by atoms with E-state index in [9.17, 15) is 14.7 Å². The number of aromatic hydroxyl groups is 1. The normalized spacial score (nSPS) is 19.1. The number of dihydropyridines is 1. The number of esters is 1. The molecule has 0 saturated carbocycles. The lowest BCUT2D eigenvalue weighted by atomic mass is 9.71. The molecule has 0 aromatic heterocycles. The van der Waals surface area contributed by atoms with Crippen molar-refractivity contribution in [1.29, 1.82) is 0 Å². The van der Waals surface area contributed by atoms with Crippen molar-refractivity contribution in [2.45, 2.75) is 38.5 Å². The molecule has 1 heterocycles. The molecule has 202 valence electrons. The highest BCUT2D eigenvalue weighted by molar-refractivity contribution is 7.99. The molecule has 2 aromatic rings. The van der Waals surface area contributed by atoms with Gasteiger partial charge in [-0.15, -0.1) is 0 Å². The van der Waals surface area contributed by atoms with Gasteiger partial charge in [-0.2, -0.15) is 11.8 Å². The Hall–Kier alpha value is -3.10. The number of carbonyl (C=O) groups excluding carboxylic acids is 2. The van der Waals surface area contributed by atoms with Gasteiger partial charge in [-0.1, -0.05) is 30.7 Å². The lowest BCUT2D eigenvalue weighted by Crippen LogP contribution is -2.36. The van der Waals surface area contributed by atoms with E-state index in [1.54, 1.807) is 31.0 Å². The number of Topliss-reactive ketones (excluding diaryl/α,β-unsaturated/α-hetero) is 1. The molecule has 2 N–H and O–H groups in total. The third-order valence-corrected chi connectivity index (χ3v) is 8.06. The number of halogens is 1. The smallest absolute Gasteiger partial charge is 0.336 e. The van der Waals surface area contributed by atoms with E-state index in [0.717, 1.165) is 22.8 Å². The lowest BCUT2D eigenvalue weighted by Gasteiger charge is -2.37. The molecule has 0 unspecified atom stereocenters. The molecular formula is C29H32ClNO6S. The number of rotatable bonds is 9. The fourth-order valence-electron chi connectivity index (χ4n) is 5.09. The molecule has 2 aromatic carbocycles. The summed E-state index contributed by atoms with van der Waals surface area (Å²) in [5, 5.41) is 13.8. The van der Waals surface area contributed by atoms with Crippen molar-refractivity contribution in [3.63, 3.8) is 0 Å². The number of methoxy groups -OCH3 is 2. The van der Waals surface area contributed by atoms with Crippen LogP contribution in [0.1, 0.15) is 49.7 Å². The average molecular weight is 558 g/mol. The summed E-state index contributed by atoms with van der Waals surface area (Å²) in [5.74, 6) is 1.04. The maximum atomic E-state index is 13.8. The van der Waals surface area contributed by atoms with Crippen LogP contribution in [0.15, 0.2) is 58.9 Å². The van der Waals surface area contributed by atoms with Crippen LogP contribution in [-0.2, 0) is 14.3 Å². The lowest BCUT2D eigenvalue weighted by molar-refractivity contribution is -0.138. The summed E-state index contributed by atoms with van der Waals surface area (Å²) in [7, 11) is 3.04. The van der Waals surface area contributed by atoms with Crippen LogP contribution in [0.3, 0.4) is 0 Å². The Morgan fingerprint density at radius 3 is 2.53 bits per heavy atom. The largest absolute Gasteiger partial charge is 0.503 e. The highest BCUT2D eigenvalue weighted by Crippen LogP contribution is 2.48. The summed E-state index contributed by atoms with van der Waals surface area (Å²) in [6, 6.07) is 10.9. The fourth-order valence-corrected chi connectivity index (χ4v) is 5.80. The zero-order valence-electron chi connectivity index (χ0n) is 21.9. The number of ether oxygens (including phenoxy) is 3. The molecule has 7 nitrogen and oxygen atoms in total. The van der Waals surface area contributed by atoms with Gasteiger partial charge in [0.05, 0.1) is 24.8 Å². The van der Waals surface area contributed by atoms with E-state index in [-0.39, 0.29) is 34.8 Å². The first-order valence-electron chi connectivity index (χ1n) is 12.5. The van der Waals surface area contributed by atoms with Gasteiger partial charge in [0, 0.05) is 35.1 Å². The monoisotopic (exact) mass is 557 g/mol. The van der Waals surface area contributed by atoms with E-state index in [1.807, 2.05) is 38.1 Å². The second kappa shape index (κ2) is 12.2. The molecule has 9 heteroatoms. The minimum absolute atomic E-state index is 0.0226. The van der Waals surface area contributed by atoms with Gasteiger partial charge < -0.3 is 24.6 Å². The van der Waals surface area contributed by atoms with Crippen LogP contribution in [0.4, 0.5) is 0 Å². The second-order valence-electron chi connectivity index (χ2n) is 9.18. The number of hydrogen-bond acceptors (Lipinski definition) is 8. The minimum Gasteiger partial charge on any atom is -0.503 e. The number of phenols is 1. The third kappa shape index (κ3) is 5.66. The first kappa shape index (κ1) is 27.9. The Morgan fingerprint density at radius 1 is 1.13 bits per heavy atom. The van der Waals surface area contributed by atoms with Crippen LogP contribution in [-0.4, -0.2) is 49.2 Å². The second-order valence-corrected chi connectivity index (χ2v) is 11.0. The third-order valence-electron chi connectivity index (χ3n) is 6.90. The van der Waals surface area contributed by atoms with Gasteiger partial charge in [0.25, 0.3) is 0 Å². The van der Waals surface area contributed by atoms with Crippen molar-refractivity contribution in [1.82, 2.24) is 5.32 Å². The van der Waals surface area contributed by atoms with Crippen molar-refractivity contribution in [2.75, 3.05) is 32.3 Å². The van der Waals surface area contributed by atoms with Gasteiger partial charge in [0.2, 0.25) is 0 Å². The molecule has 0 saturated heterocycles. The molecular weight excluding hydrogens is 526 g/mol. The number of nitrogens with one attached hydrogen (secondary N) is 1. The molecule has 0 bridgehead atoms. The van der Waals surface area contributed by atoms with E-state index in [1.165, 1.54) is 7.11 Å². The number of carbonyl (C=O) groups is 2. The summed E-state index contributed by atoms with van der Waals surface area (Å²) >= 11 is 8.03. The van der Waals surface area contributed by atoms with Crippen LogP contribution in [0.2, 0.25) is 5.02 Å². The van der Waals surface area contributed by atoms with Crippen molar-refractivity contribution in [2.24, 2.45) is 0 Å². The van der Waals surface area contributed by atoms with Crippen LogP contribution in [0.25, 0.3) is 0 Å². The quantitative estimate of drug-likeness (QED) is 0.299. The highest BCUT2D eigenvalue weighted by Gasteiger charge is 2.42. The van der Waals surface area contributed by atoms with Crippen LogP contribution < -0.4 is 14.8 Å². The summed E-state index contributed by atoms with van der Waals surface area (Å²) < 4.78 is 16.2. The molecule has 0 fully saturated rings. The number of hydrogen-bond donors (Lipinski definition) is 2. The van der Waals surface area contributed by atoms with Gasteiger partial charge in [0.1, 0.15) is 12.4 Å². The topological polar surface area (TPSA) is 94.1 Å². The number of allylic oxidation sites excluding steroid dienone is 3. The molecule has 1 aliphatic carbocycles. The molecule has 38 heavy (non-hydrogen) atoms. The average Bonchev–Trinajstić information content (AvgIpc) is 2.91. The summed E-state index contributed by atoms with van der Waals surface area (Å²) in [6.45, 7) is 4.12. The van der Waals surface area contributed by atoms with E-state index < -0.39 is 11.9 Å². The molecule has 0 spiro atoms. The zero-order chi connectivity index (χ0) is 27.4. The highest BCUT2D eigenvalue weighted by atomic mass is 35.5. The van der Waals surface area contributed by atoms with Gasteiger partial charge in [0.15, 0.2) is 17.3 Å². The standard InChI is InChI=1S/C29H32ClNO6S/c1-5-38-11-10-37-29(34)25-16(2)31-22-13-18(17-6-8-20(35-3)9-7-17)14-23(32)27(22)26(25)19-12-21(30)28(33)24(15-19)36-4/h6-9,12,15,18,26,31,33H,5,10-11,13-14H2,1-4H3/t18-,26-/m0/s1. The minimum atomic E-state index is -0.714. The number of benzene rings is 2. The SMILES string of the molecule is CCSCCOC(=O)C1=C(C)NC2=C(C(=O)C[C@@H](c3ccc(OC)cc3)C2)[C@H]1c1cc(Cl)c(O)c(OC)c1. The predicted molar refractivity (Wildman–Crippen MR) is 149 cm³/mol. The Bertz CT molecular complexity index is 1290. The maximum absolute atomic E-state index is 13.8. The molecule has 2 aliphatic rings. The van der Waals surface area contributed by atoms with Crippen molar-refractivity contribution >= 4 is 35.1 Å². The summed E-state index contributed by atoms with van der Waals surface area (Å²) in [5.41, 5.74) is 3.87. The zero-order valence-corrected chi connectivity index (χ0v) is 23.5. The van der Waals surface area contributed by atoms with E-state index in [4.69, 9.17) is 25.8 Å². The summed E-state index contributed by atoms with van der Waals surface area (Å²) in [4.78, 5) is 27.2. The Morgan fingerprint density at radius 2 is 1.87 bits per heavy atom. The van der Waals surface area contributed by atoms with Crippen LogP contribution >= 0.6 is 23.4 Å². The van der Waals surface area contributed by atoms with Crippen molar-refractivity contribution < 1.29 is 28.9 Å². The van der Waals surface area contributed by atoms with E-state index in [2.05, 4.69) is 5.32 Å². The Balaban J connectivity index is 1.76. The molecule has 2 atom stereocenters. The van der Waals surface area contributed by atoms with Gasteiger partial charge >= 0.3 is 5.97 Å². The predicted octanol–water partition coefficient (Wildman–Crippen LogP) is 5.72. The van der Waals surface area contributed by atoms with Gasteiger partial charge in [-0.25, -0.2) is 4.79 Å². The first-order chi connectivity index (χ1) is 18.3. The number of ketones is 1. The van der Waals surface area contributed by atoms with E-state index >= 15 is 0 Å². The van der Waals surface area contributed by atoms with Gasteiger partial charge in [-0.3, -0.25) is 4.79 Å². The van der Waals surface area contributed by atoms with Crippen molar-refractivity contribution in [3.8, 4) is 17.2 Å². The first-order valence-corrected chi connectivity index (χ1v) is 14.0.